The van der Waals surface area contributed by atoms with Gasteiger partial charge in [0.15, 0.2) is 0 Å². The predicted octanol–water partition coefficient (Wildman–Crippen LogP) is 5.94. The average Bonchev–Trinajstić information content (AvgIpc) is 3.06. The van der Waals surface area contributed by atoms with Crippen molar-refractivity contribution in [1.82, 2.24) is 0 Å². The monoisotopic (exact) mass is 446 g/mol. The molecular weight excluding hydrogens is 409 g/mol. The van der Waals surface area contributed by atoms with Crippen molar-refractivity contribution in [2.45, 2.75) is 95.2 Å². The Hall–Kier alpha value is 0.244. The maximum absolute atomic E-state index is 10.7. The van der Waals surface area contributed by atoms with Crippen LogP contribution >= 0.6 is 0 Å². The van der Waals surface area contributed by atoms with Gasteiger partial charge in [0.25, 0.3) is 0 Å². The minimum Gasteiger partial charge on any atom is -0.392 e. The van der Waals surface area contributed by atoms with Crippen molar-refractivity contribution in [1.29, 1.82) is 0 Å². The molecule has 2 saturated carbocycles. The first-order valence-corrected chi connectivity index (χ1v) is 11.0. The van der Waals surface area contributed by atoms with E-state index in [0.29, 0.717) is 11.8 Å². The molecule has 0 heterocycles. The van der Waals surface area contributed by atoms with E-state index >= 15 is 0 Å². The van der Waals surface area contributed by atoms with Gasteiger partial charge >= 0.3 is 0 Å². The summed E-state index contributed by atoms with van der Waals surface area (Å²) in [7, 11) is 0. The van der Waals surface area contributed by atoms with Crippen LogP contribution in [-0.4, -0.2) is 16.3 Å². The Morgan fingerprint density at radius 1 is 0.926 bits per heavy atom. The van der Waals surface area contributed by atoms with Crippen LogP contribution in [0.2, 0.25) is 0 Å². The third kappa shape index (κ3) is 6.36. The Labute approximate surface area is 191 Å². The van der Waals surface area contributed by atoms with E-state index in [1.807, 2.05) is 0 Å². The number of unbranched alkanes of at least 4 members (excludes halogenated alkanes) is 3. The summed E-state index contributed by atoms with van der Waals surface area (Å²) in [4.78, 5) is 0. The second-order valence-electron chi connectivity index (χ2n) is 8.64. The summed E-state index contributed by atoms with van der Waals surface area (Å²) >= 11 is 0. The summed E-state index contributed by atoms with van der Waals surface area (Å²) in [5.74, 6) is 1.30. The molecule has 0 aliphatic heterocycles. The van der Waals surface area contributed by atoms with Crippen LogP contribution in [0.25, 0.3) is 0 Å². The first-order valence-electron chi connectivity index (χ1n) is 11.0. The largest absolute Gasteiger partial charge is 0.392 e. The summed E-state index contributed by atoms with van der Waals surface area (Å²) in [5.41, 5.74) is 2.32. The van der Waals surface area contributed by atoms with Crippen LogP contribution in [0.4, 0.5) is 0 Å². The van der Waals surface area contributed by atoms with E-state index in [1.165, 1.54) is 50.5 Å². The molecule has 2 fully saturated rings. The van der Waals surface area contributed by atoms with Crippen LogP contribution in [0, 0.1) is 18.8 Å². The zero-order valence-electron chi connectivity index (χ0n) is 16.9. The number of hydrogen-bond donors (Lipinski definition) is 2. The number of rotatable bonds is 8. The third-order valence-corrected chi connectivity index (χ3v) is 6.84. The Bertz CT molecular complexity index is 524. The van der Waals surface area contributed by atoms with Gasteiger partial charge in [0.05, 0.1) is 12.2 Å². The molecule has 4 atom stereocenters. The molecule has 149 valence electrons. The second-order valence-corrected chi connectivity index (χ2v) is 8.64. The minimum absolute atomic E-state index is 0. The van der Waals surface area contributed by atoms with Gasteiger partial charge in [-0.05, 0) is 55.1 Å². The zero-order chi connectivity index (χ0) is 18.4. The average molecular weight is 446 g/mol. The molecule has 0 aromatic heterocycles. The van der Waals surface area contributed by atoms with Crippen LogP contribution in [-0.2, 0) is 32.7 Å². The van der Waals surface area contributed by atoms with Gasteiger partial charge in [-0.3, -0.25) is 0 Å². The molecule has 2 nitrogen and oxygen atoms in total. The molecule has 1 aromatic rings. The fraction of sp³-hybridized carbons (Fsp3) is 0.708. The van der Waals surface area contributed by atoms with E-state index in [0.717, 1.165) is 37.7 Å². The number of aliphatic hydroxyl groups is 2. The fourth-order valence-corrected chi connectivity index (χ4v) is 5.27. The van der Waals surface area contributed by atoms with Gasteiger partial charge < -0.3 is 17.1 Å². The van der Waals surface area contributed by atoms with Crippen molar-refractivity contribution in [3.63, 3.8) is 0 Å². The molecule has 1 radical (unpaired) electrons. The third-order valence-electron chi connectivity index (χ3n) is 6.84. The maximum atomic E-state index is 10.7. The first kappa shape index (κ1) is 23.5. The van der Waals surface area contributed by atoms with Gasteiger partial charge in [-0.15, -0.1) is 0 Å². The molecule has 2 aliphatic rings. The topological polar surface area (TPSA) is 40.5 Å². The minimum atomic E-state index is -0.323. The number of benzene rings is 1. The van der Waals surface area contributed by atoms with Crippen molar-refractivity contribution < 1.29 is 42.9 Å². The van der Waals surface area contributed by atoms with E-state index in [1.54, 1.807) is 0 Å². The Morgan fingerprint density at radius 2 is 1.63 bits per heavy atom. The van der Waals surface area contributed by atoms with E-state index in [4.69, 9.17) is 0 Å². The van der Waals surface area contributed by atoms with Crippen LogP contribution in [0.5, 0.6) is 0 Å². The molecule has 2 aliphatic carbocycles. The summed E-state index contributed by atoms with van der Waals surface area (Å²) < 4.78 is 0. The van der Waals surface area contributed by atoms with Crippen LogP contribution < -0.4 is 0 Å². The van der Waals surface area contributed by atoms with Crippen LogP contribution in [0.3, 0.4) is 0 Å². The summed E-state index contributed by atoms with van der Waals surface area (Å²) in [5, 5.41) is 21.3. The molecule has 0 bridgehead atoms. The summed E-state index contributed by atoms with van der Waals surface area (Å²) in [6, 6.07) is 8.56. The van der Waals surface area contributed by atoms with E-state index < -0.39 is 0 Å². The Morgan fingerprint density at radius 3 is 2.30 bits per heavy atom. The quantitative estimate of drug-likeness (QED) is 0.384. The van der Waals surface area contributed by atoms with E-state index in [9.17, 15) is 10.2 Å². The molecular formula is C24H37O2Y-. The van der Waals surface area contributed by atoms with Crippen LogP contribution in [0.1, 0.15) is 100 Å². The van der Waals surface area contributed by atoms with Gasteiger partial charge in [-0.1, -0.05) is 62.8 Å². The summed E-state index contributed by atoms with van der Waals surface area (Å²) in [6.07, 6.45) is 13.6. The molecule has 3 heteroatoms. The number of aliphatic hydroxyl groups excluding tert-OH is 2. The van der Waals surface area contributed by atoms with Gasteiger partial charge in [0.1, 0.15) is 0 Å². The molecule has 1 unspecified atom stereocenters. The molecule has 2 N–H and O–H groups in total. The van der Waals surface area contributed by atoms with Crippen molar-refractivity contribution in [3.8, 4) is 0 Å². The molecule has 0 amide bonds. The molecule has 0 saturated heterocycles. The van der Waals surface area contributed by atoms with E-state index in [2.05, 4.69) is 31.2 Å². The maximum Gasteiger partial charge on any atom is 0.0818 e. The van der Waals surface area contributed by atoms with Gasteiger partial charge in [0, 0.05) is 38.6 Å². The molecule has 3 rings (SSSR count). The molecule has 27 heavy (non-hydrogen) atoms. The van der Waals surface area contributed by atoms with Gasteiger partial charge in [-0.2, -0.15) is 6.42 Å². The van der Waals surface area contributed by atoms with E-state index in [-0.39, 0.29) is 50.8 Å². The smallest absolute Gasteiger partial charge is 0.0818 e. The number of hydrogen-bond acceptors (Lipinski definition) is 2. The van der Waals surface area contributed by atoms with Gasteiger partial charge in [0.2, 0.25) is 0 Å². The predicted molar refractivity (Wildman–Crippen MR) is 108 cm³/mol. The van der Waals surface area contributed by atoms with Crippen molar-refractivity contribution in [2.75, 3.05) is 0 Å². The zero-order valence-corrected chi connectivity index (χ0v) is 19.7. The first-order chi connectivity index (χ1) is 12.7. The van der Waals surface area contributed by atoms with Crippen molar-refractivity contribution in [3.05, 3.63) is 42.3 Å². The molecule has 0 spiro atoms. The SMILES string of the molecule is [CH2-]CCCCC[C@H]1CC[C@@H](O)[C@@H]1c1ccc(C(O)C2CCCCC2)cc1.[Y]. The molecule has 1 aromatic carbocycles. The van der Waals surface area contributed by atoms with Gasteiger partial charge in [-0.25, -0.2) is 0 Å². The normalized spacial score (nSPS) is 27.3. The standard InChI is InChI=1S/C24H37O2.Y/c1-2-3-4-6-9-18-16-17-22(25)23(18)19-12-14-21(15-13-19)24(26)20-10-7-5-8-11-20;/h12-15,18,20,22-26H,1-11,16-17H2;/q-1;/t18-,22+,23-,24?;/m0./s1. The summed E-state index contributed by atoms with van der Waals surface area (Å²) in [6.45, 7) is 3.93. The fourth-order valence-electron chi connectivity index (χ4n) is 5.27. The Balaban J connectivity index is 0.00000261. The van der Waals surface area contributed by atoms with Crippen molar-refractivity contribution in [2.24, 2.45) is 11.8 Å². The van der Waals surface area contributed by atoms with Crippen LogP contribution in [0.15, 0.2) is 24.3 Å². The second kappa shape index (κ2) is 12.1. The Kier molecular flexibility index (Phi) is 10.5. The van der Waals surface area contributed by atoms with Crippen molar-refractivity contribution >= 4 is 0 Å².